The van der Waals surface area contributed by atoms with Crippen molar-refractivity contribution in [3.8, 4) is 0 Å². The first-order valence-electron chi connectivity index (χ1n) is 19.5. The molecule has 0 N–H and O–H groups in total. The predicted octanol–water partition coefficient (Wildman–Crippen LogP) is 9.48. The smallest absolute Gasteiger partial charge is 0.338 e. The lowest BCUT2D eigenvalue weighted by atomic mass is 9.99. The fraction of sp³-hybridized carbons (Fsp3) is 0.245. The molecule has 0 unspecified atom stereocenters. The van der Waals surface area contributed by atoms with Gasteiger partial charge in [0.15, 0.2) is 6.10 Å². The summed E-state index contributed by atoms with van der Waals surface area (Å²) in [6.07, 6.45) is -2.99. The quantitative estimate of drug-likeness (QED) is 0.0759. The third-order valence-electron chi connectivity index (χ3n) is 10.3. The van der Waals surface area contributed by atoms with Crippen molar-refractivity contribution in [2.24, 2.45) is 0 Å². The van der Waals surface area contributed by atoms with Crippen LogP contribution in [0, 0.1) is 0 Å². The number of carbonyl (C=O) groups excluding carboxylic acids is 1. The highest BCUT2D eigenvalue weighted by molar-refractivity contribution is 7.99. The Balaban J connectivity index is 1.33. The Morgan fingerprint density at radius 1 is 0.579 bits per heavy atom. The summed E-state index contributed by atoms with van der Waals surface area (Å²) < 4.78 is 35.1. The van der Waals surface area contributed by atoms with Crippen molar-refractivity contribution in [1.29, 1.82) is 0 Å². The number of thioether (sulfide) groups is 1. The van der Waals surface area contributed by atoms with Crippen molar-refractivity contribution in [2.75, 3.05) is 6.61 Å². The van der Waals surface area contributed by atoms with Crippen molar-refractivity contribution in [3.05, 3.63) is 199 Å². The van der Waals surface area contributed by atoms with Crippen LogP contribution in [0.1, 0.15) is 42.3 Å². The number of esters is 1. The van der Waals surface area contributed by atoms with Gasteiger partial charge in [0.25, 0.3) is 8.32 Å². The van der Waals surface area contributed by atoms with Gasteiger partial charge in [-0.1, -0.05) is 190 Å². The monoisotopic (exact) mass is 794 g/mol. The van der Waals surface area contributed by atoms with Gasteiger partial charge in [-0.2, -0.15) is 0 Å². The van der Waals surface area contributed by atoms with Crippen molar-refractivity contribution in [3.63, 3.8) is 0 Å². The van der Waals surface area contributed by atoms with Crippen LogP contribution in [0.5, 0.6) is 0 Å². The molecule has 57 heavy (non-hydrogen) atoms. The van der Waals surface area contributed by atoms with E-state index in [1.54, 1.807) is 23.9 Å². The summed E-state index contributed by atoms with van der Waals surface area (Å²) in [5.74, 6) is -0.469. The van der Waals surface area contributed by atoms with Gasteiger partial charge in [-0.05, 0) is 50.8 Å². The van der Waals surface area contributed by atoms with E-state index in [2.05, 4.69) is 81.4 Å². The van der Waals surface area contributed by atoms with Gasteiger partial charge in [0.05, 0.1) is 25.4 Å². The van der Waals surface area contributed by atoms with E-state index >= 15 is 0 Å². The molecule has 0 radical (unpaired) electrons. The molecule has 7 rings (SSSR count). The van der Waals surface area contributed by atoms with E-state index < -0.39 is 44.1 Å². The van der Waals surface area contributed by atoms with E-state index in [0.717, 1.165) is 26.4 Å². The van der Waals surface area contributed by atoms with E-state index in [1.165, 1.54) is 0 Å². The second-order valence-electron chi connectivity index (χ2n) is 15.2. The standard InChI is InChI=1S/C49H50O6SSi/c1-49(2,3)57(41-30-18-8-19-31-41,42-32-20-9-21-33-42)53-36-43-44(55-47(50)39-26-14-6-15-27-39)45(51-34-37-22-10-4-11-23-37)46(52-35-38-24-12-5-13-25-38)48(54-43)56-40-28-16-7-17-29-40/h4-33,43-46,48H,34-36H2,1-3H3/t43-,44+,45+,46-,48+/m1/s1. The van der Waals surface area contributed by atoms with Crippen molar-refractivity contribution in [2.45, 2.75) is 73.8 Å². The average molecular weight is 795 g/mol. The Bertz CT molecular complexity index is 2060. The minimum atomic E-state index is -3.03. The molecule has 292 valence electrons. The van der Waals surface area contributed by atoms with E-state index in [9.17, 15) is 4.79 Å². The normalized spacial score (nSPS) is 19.8. The van der Waals surface area contributed by atoms with Crippen LogP contribution in [0.2, 0.25) is 5.04 Å². The zero-order chi connectivity index (χ0) is 39.5. The molecule has 1 saturated heterocycles. The largest absolute Gasteiger partial charge is 0.453 e. The molecule has 5 atom stereocenters. The Morgan fingerprint density at radius 3 is 1.51 bits per heavy atom. The third kappa shape index (κ3) is 9.84. The summed E-state index contributed by atoms with van der Waals surface area (Å²) in [7, 11) is -3.03. The van der Waals surface area contributed by atoms with Crippen molar-refractivity contribution in [1.82, 2.24) is 0 Å². The van der Waals surface area contributed by atoms with Gasteiger partial charge in [-0.15, -0.1) is 0 Å². The number of hydrogen-bond acceptors (Lipinski definition) is 7. The molecule has 8 heteroatoms. The number of rotatable bonds is 15. The number of carbonyl (C=O) groups is 1. The summed E-state index contributed by atoms with van der Waals surface area (Å²) in [6.45, 7) is 7.49. The maximum Gasteiger partial charge on any atom is 0.338 e. The lowest BCUT2D eigenvalue weighted by Gasteiger charge is -2.48. The van der Waals surface area contributed by atoms with Crippen LogP contribution in [-0.2, 0) is 36.6 Å². The number of benzene rings is 6. The maximum atomic E-state index is 14.1. The fourth-order valence-electron chi connectivity index (χ4n) is 7.52. The molecule has 0 aromatic heterocycles. The Kier molecular flexibility index (Phi) is 13.5. The zero-order valence-electron chi connectivity index (χ0n) is 32.7. The van der Waals surface area contributed by atoms with Crippen LogP contribution in [0.3, 0.4) is 0 Å². The van der Waals surface area contributed by atoms with Crippen molar-refractivity contribution >= 4 is 36.4 Å². The molecule has 1 aliphatic rings. The molecule has 0 saturated carbocycles. The third-order valence-corrected chi connectivity index (χ3v) is 16.5. The van der Waals surface area contributed by atoms with Gasteiger partial charge in [0, 0.05) is 4.90 Å². The van der Waals surface area contributed by atoms with Crippen LogP contribution >= 0.6 is 11.8 Å². The van der Waals surface area contributed by atoms with E-state index in [-0.39, 0.29) is 18.3 Å². The lowest BCUT2D eigenvalue weighted by Crippen LogP contribution is -2.68. The van der Waals surface area contributed by atoms with Crippen LogP contribution in [0.25, 0.3) is 0 Å². The molecule has 1 heterocycles. The molecular weight excluding hydrogens is 745 g/mol. The summed E-state index contributed by atoms with van der Waals surface area (Å²) in [6, 6.07) is 60.4. The van der Waals surface area contributed by atoms with Gasteiger partial charge in [-0.3, -0.25) is 0 Å². The summed E-state index contributed by atoms with van der Waals surface area (Å²) in [4.78, 5) is 15.1. The Morgan fingerprint density at radius 2 is 1.02 bits per heavy atom. The highest BCUT2D eigenvalue weighted by Gasteiger charge is 2.54. The summed E-state index contributed by atoms with van der Waals surface area (Å²) >= 11 is 1.57. The zero-order valence-corrected chi connectivity index (χ0v) is 34.5. The van der Waals surface area contributed by atoms with Crippen molar-refractivity contribution < 1.29 is 28.2 Å². The molecule has 6 aromatic carbocycles. The molecule has 1 aliphatic heterocycles. The van der Waals surface area contributed by atoms with Gasteiger partial charge in [0.1, 0.15) is 23.7 Å². The van der Waals surface area contributed by atoms with Gasteiger partial charge < -0.3 is 23.4 Å². The molecule has 6 aromatic rings. The molecule has 0 spiro atoms. The second-order valence-corrected chi connectivity index (χ2v) is 20.7. The molecular formula is C49H50O6SSi. The van der Waals surface area contributed by atoms with E-state index in [0.29, 0.717) is 12.2 Å². The number of hydrogen-bond donors (Lipinski definition) is 0. The van der Waals surface area contributed by atoms with Gasteiger partial charge in [-0.25, -0.2) is 4.79 Å². The Labute approximate surface area is 342 Å². The SMILES string of the molecule is CC(C)(C)[Si](OC[C@H]1O[C@@H](Sc2ccccc2)[C@H](OCc2ccccc2)[C@@H](OCc2ccccc2)[C@H]1OC(=O)c1ccccc1)(c1ccccc1)c1ccccc1. The van der Waals surface area contributed by atoms with Crippen LogP contribution < -0.4 is 10.4 Å². The van der Waals surface area contributed by atoms with Crippen LogP contribution in [-0.4, -0.2) is 50.7 Å². The summed E-state index contributed by atoms with van der Waals surface area (Å²) in [5.41, 5.74) is 1.90. The minimum absolute atomic E-state index is 0.141. The number of ether oxygens (including phenoxy) is 4. The van der Waals surface area contributed by atoms with Crippen LogP contribution in [0.4, 0.5) is 0 Å². The molecule has 0 aliphatic carbocycles. The first kappa shape index (κ1) is 40.4. The topological polar surface area (TPSA) is 63.2 Å². The van der Waals surface area contributed by atoms with Crippen LogP contribution in [0.15, 0.2) is 187 Å². The lowest BCUT2D eigenvalue weighted by molar-refractivity contribution is -0.236. The first-order chi connectivity index (χ1) is 27.8. The molecule has 1 fully saturated rings. The second kappa shape index (κ2) is 19.1. The van der Waals surface area contributed by atoms with Gasteiger partial charge >= 0.3 is 5.97 Å². The molecule has 0 amide bonds. The molecule has 6 nitrogen and oxygen atoms in total. The van der Waals surface area contributed by atoms with E-state index in [1.807, 2.05) is 109 Å². The highest BCUT2D eigenvalue weighted by atomic mass is 32.2. The fourth-order valence-corrected chi connectivity index (χ4v) is 13.2. The predicted molar refractivity (Wildman–Crippen MR) is 230 cm³/mol. The van der Waals surface area contributed by atoms with Gasteiger partial charge in [0.2, 0.25) is 0 Å². The minimum Gasteiger partial charge on any atom is -0.453 e. The maximum absolute atomic E-state index is 14.1. The highest BCUT2D eigenvalue weighted by Crippen LogP contribution is 2.41. The first-order valence-corrected chi connectivity index (χ1v) is 22.3. The molecule has 0 bridgehead atoms. The Hall–Kier alpha value is -4.80. The van der Waals surface area contributed by atoms with E-state index in [4.69, 9.17) is 23.4 Å². The average Bonchev–Trinajstić information content (AvgIpc) is 3.25. The summed E-state index contributed by atoms with van der Waals surface area (Å²) in [5, 5.41) is 2.01.